The van der Waals surface area contributed by atoms with E-state index in [1.165, 1.54) is 31.2 Å². The summed E-state index contributed by atoms with van der Waals surface area (Å²) in [6.45, 7) is 0. The summed E-state index contributed by atoms with van der Waals surface area (Å²) in [6.07, 6.45) is 5.96. The van der Waals surface area contributed by atoms with Crippen LogP contribution in [0.5, 0.6) is 0 Å². The van der Waals surface area contributed by atoms with Gasteiger partial charge in [-0.2, -0.15) is 0 Å². The smallest absolute Gasteiger partial charge is 0.0694 e. The predicted molar refractivity (Wildman–Crippen MR) is 76.6 cm³/mol. The summed E-state index contributed by atoms with van der Waals surface area (Å²) in [4.78, 5) is 0. The monoisotopic (exact) mass is 260 g/mol. The number of hydrazine groups is 1. The quantitative estimate of drug-likeness (QED) is 0.610. The maximum absolute atomic E-state index is 5.79. The van der Waals surface area contributed by atoms with Crippen LogP contribution >= 0.6 is 0 Å². The lowest BCUT2D eigenvalue weighted by molar-refractivity contribution is -0.0848. The summed E-state index contributed by atoms with van der Waals surface area (Å²) in [5, 5.41) is 0. The highest BCUT2D eigenvalue weighted by Crippen LogP contribution is 2.52. The van der Waals surface area contributed by atoms with Crippen LogP contribution in [0.25, 0.3) is 0 Å². The minimum Gasteiger partial charge on any atom is -0.378 e. The molecule has 0 saturated heterocycles. The summed E-state index contributed by atoms with van der Waals surface area (Å²) in [6, 6.07) is 11.2. The number of nitrogens with one attached hydrogen (secondary N) is 1. The third-order valence-corrected chi connectivity index (χ3v) is 5.09. The van der Waals surface area contributed by atoms with E-state index in [-0.39, 0.29) is 5.60 Å². The van der Waals surface area contributed by atoms with Gasteiger partial charge < -0.3 is 4.74 Å². The molecule has 2 saturated carbocycles. The van der Waals surface area contributed by atoms with Crippen LogP contribution in [0.3, 0.4) is 0 Å². The fourth-order valence-electron chi connectivity index (χ4n) is 3.54. The van der Waals surface area contributed by atoms with Crippen LogP contribution in [0, 0.1) is 5.92 Å². The van der Waals surface area contributed by atoms with Gasteiger partial charge >= 0.3 is 0 Å². The van der Waals surface area contributed by atoms with E-state index in [0.717, 1.165) is 6.42 Å². The van der Waals surface area contributed by atoms with Crippen molar-refractivity contribution in [2.45, 2.75) is 49.7 Å². The van der Waals surface area contributed by atoms with Gasteiger partial charge in [0.1, 0.15) is 0 Å². The van der Waals surface area contributed by atoms with Gasteiger partial charge in [-0.25, -0.2) is 0 Å². The molecule has 3 heteroatoms. The molecule has 3 unspecified atom stereocenters. The zero-order valence-electron chi connectivity index (χ0n) is 11.6. The Labute approximate surface area is 115 Å². The van der Waals surface area contributed by atoms with E-state index in [9.17, 15) is 0 Å². The van der Waals surface area contributed by atoms with Crippen molar-refractivity contribution in [3.05, 3.63) is 35.9 Å². The molecule has 0 amide bonds. The van der Waals surface area contributed by atoms with E-state index in [1.54, 1.807) is 0 Å². The second kappa shape index (κ2) is 5.23. The van der Waals surface area contributed by atoms with Crippen LogP contribution in [0.15, 0.2) is 30.3 Å². The minimum atomic E-state index is 0.0981. The first kappa shape index (κ1) is 13.1. The van der Waals surface area contributed by atoms with E-state index < -0.39 is 0 Å². The zero-order valence-corrected chi connectivity index (χ0v) is 11.6. The van der Waals surface area contributed by atoms with Gasteiger partial charge in [-0.05, 0) is 49.5 Å². The van der Waals surface area contributed by atoms with Crippen LogP contribution in [0.1, 0.15) is 43.6 Å². The molecule has 0 heterocycles. The Kier molecular flexibility index (Phi) is 3.61. The highest BCUT2D eigenvalue weighted by Gasteiger charge is 2.48. The summed E-state index contributed by atoms with van der Waals surface area (Å²) in [7, 11) is 1.84. The fraction of sp³-hybridized carbons (Fsp3) is 0.625. The highest BCUT2D eigenvalue weighted by atomic mass is 16.5. The maximum Gasteiger partial charge on any atom is 0.0694 e. The average Bonchev–Trinajstić information content (AvgIpc) is 3.20. The van der Waals surface area contributed by atoms with E-state index in [0.29, 0.717) is 17.9 Å². The average molecular weight is 260 g/mol. The van der Waals surface area contributed by atoms with E-state index in [4.69, 9.17) is 10.6 Å². The van der Waals surface area contributed by atoms with Crippen molar-refractivity contribution < 1.29 is 4.74 Å². The summed E-state index contributed by atoms with van der Waals surface area (Å²) in [5.74, 6) is 7.13. The first-order chi connectivity index (χ1) is 9.28. The standard InChI is InChI=1S/C16H24N2O/c1-19-16(8-5-9-16)11-15(18-17)14-10-13(14)12-6-3-2-4-7-12/h2-4,6-7,13-15,18H,5,8-11,17H2,1H3. The summed E-state index contributed by atoms with van der Waals surface area (Å²) < 4.78 is 5.73. The zero-order chi connectivity index (χ0) is 13.3. The normalized spacial score (nSPS) is 29.6. The molecule has 1 aromatic rings. The van der Waals surface area contributed by atoms with Crippen molar-refractivity contribution in [1.82, 2.24) is 5.43 Å². The number of ether oxygens (including phenoxy) is 1. The molecule has 0 aliphatic heterocycles. The number of hydrogen-bond donors (Lipinski definition) is 2. The summed E-state index contributed by atoms with van der Waals surface area (Å²) in [5.41, 5.74) is 4.59. The van der Waals surface area contributed by atoms with Crippen molar-refractivity contribution in [3.8, 4) is 0 Å². The molecule has 2 aliphatic rings. The van der Waals surface area contributed by atoms with Crippen LogP contribution in [0.4, 0.5) is 0 Å². The third kappa shape index (κ3) is 2.55. The molecule has 3 atom stereocenters. The van der Waals surface area contributed by atoms with Crippen LogP contribution in [-0.4, -0.2) is 18.8 Å². The van der Waals surface area contributed by atoms with Crippen molar-refractivity contribution in [3.63, 3.8) is 0 Å². The Morgan fingerprint density at radius 1 is 1.37 bits per heavy atom. The molecular formula is C16H24N2O. The molecule has 104 valence electrons. The molecule has 0 radical (unpaired) electrons. The topological polar surface area (TPSA) is 47.3 Å². The van der Waals surface area contributed by atoms with Gasteiger partial charge in [0, 0.05) is 13.2 Å². The lowest BCUT2D eigenvalue weighted by Crippen LogP contribution is -2.48. The third-order valence-electron chi connectivity index (χ3n) is 5.09. The molecule has 1 aromatic carbocycles. The molecule has 3 rings (SSSR count). The lowest BCUT2D eigenvalue weighted by Gasteiger charge is -2.43. The van der Waals surface area contributed by atoms with Gasteiger partial charge in [0.2, 0.25) is 0 Å². The Balaban J connectivity index is 1.62. The van der Waals surface area contributed by atoms with Crippen molar-refractivity contribution in [1.29, 1.82) is 0 Å². The second-order valence-electron chi connectivity index (χ2n) is 6.13. The van der Waals surface area contributed by atoms with Gasteiger partial charge in [0.15, 0.2) is 0 Å². The molecule has 3 nitrogen and oxygen atoms in total. The molecule has 2 fully saturated rings. The van der Waals surface area contributed by atoms with Crippen molar-refractivity contribution >= 4 is 0 Å². The number of methoxy groups -OCH3 is 1. The lowest BCUT2D eigenvalue weighted by atomic mass is 9.75. The Hall–Kier alpha value is -0.900. The van der Waals surface area contributed by atoms with E-state index >= 15 is 0 Å². The molecule has 19 heavy (non-hydrogen) atoms. The highest BCUT2D eigenvalue weighted by molar-refractivity contribution is 5.26. The molecule has 2 aliphatic carbocycles. The van der Waals surface area contributed by atoms with Crippen molar-refractivity contribution in [2.75, 3.05) is 7.11 Å². The fourth-order valence-corrected chi connectivity index (χ4v) is 3.54. The number of benzene rings is 1. The first-order valence-electron chi connectivity index (χ1n) is 7.34. The van der Waals surface area contributed by atoms with Crippen LogP contribution in [-0.2, 0) is 4.74 Å². The van der Waals surface area contributed by atoms with Gasteiger partial charge in [-0.15, -0.1) is 0 Å². The molecular weight excluding hydrogens is 236 g/mol. The van der Waals surface area contributed by atoms with Gasteiger partial charge in [-0.3, -0.25) is 11.3 Å². The molecule has 0 spiro atoms. The molecule has 0 aromatic heterocycles. The Morgan fingerprint density at radius 3 is 2.63 bits per heavy atom. The first-order valence-corrected chi connectivity index (χ1v) is 7.34. The van der Waals surface area contributed by atoms with Crippen LogP contribution < -0.4 is 11.3 Å². The molecule has 3 N–H and O–H groups in total. The van der Waals surface area contributed by atoms with E-state index in [2.05, 4.69) is 35.8 Å². The summed E-state index contributed by atoms with van der Waals surface area (Å²) >= 11 is 0. The van der Waals surface area contributed by atoms with Gasteiger partial charge in [-0.1, -0.05) is 30.3 Å². The number of nitrogens with two attached hydrogens (primary N) is 1. The maximum atomic E-state index is 5.79. The molecule has 0 bridgehead atoms. The van der Waals surface area contributed by atoms with Gasteiger partial charge in [0.25, 0.3) is 0 Å². The predicted octanol–water partition coefficient (Wildman–Crippen LogP) is 2.58. The Bertz CT molecular complexity index is 411. The van der Waals surface area contributed by atoms with Gasteiger partial charge in [0.05, 0.1) is 5.60 Å². The van der Waals surface area contributed by atoms with Crippen LogP contribution in [0.2, 0.25) is 0 Å². The van der Waals surface area contributed by atoms with Crippen molar-refractivity contribution in [2.24, 2.45) is 11.8 Å². The SMILES string of the molecule is COC1(CC(NN)C2CC2c2ccccc2)CCC1. The largest absolute Gasteiger partial charge is 0.378 e. The Morgan fingerprint density at radius 2 is 2.11 bits per heavy atom. The number of hydrogen-bond acceptors (Lipinski definition) is 3. The van der Waals surface area contributed by atoms with E-state index in [1.807, 2.05) is 7.11 Å². The minimum absolute atomic E-state index is 0.0981. The number of rotatable bonds is 6. The second-order valence-corrected chi connectivity index (χ2v) is 6.13.